The van der Waals surface area contributed by atoms with Gasteiger partial charge >= 0.3 is 0 Å². The lowest BCUT2D eigenvalue weighted by atomic mass is 10.1. The Morgan fingerprint density at radius 1 is 1.26 bits per heavy atom. The highest BCUT2D eigenvalue weighted by molar-refractivity contribution is 6.36. The molecular formula is C14H14Cl2N2O. The molecule has 0 radical (unpaired) electrons. The summed E-state index contributed by atoms with van der Waals surface area (Å²) < 4.78 is 0. The van der Waals surface area contributed by atoms with E-state index in [9.17, 15) is 5.11 Å². The number of aliphatic hydroxyl groups excluding tert-OH is 1. The zero-order chi connectivity index (χ0) is 14.0. The third-order valence-electron chi connectivity index (χ3n) is 2.91. The first-order valence-corrected chi connectivity index (χ1v) is 6.68. The van der Waals surface area contributed by atoms with Crippen molar-refractivity contribution in [1.82, 2.24) is 9.97 Å². The van der Waals surface area contributed by atoms with Gasteiger partial charge in [0.1, 0.15) is 5.82 Å². The van der Waals surface area contributed by atoms with Gasteiger partial charge < -0.3 is 5.11 Å². The van der Waals surface area contributed by atoms with Gasteiger partial charge in [0.25, 0.3) is 0 Å². The van der Waals surface area contributed by atoms with E-state index in [1.54, 1.807) is 31.3 Å². The second-order valence-corrected chi connectivity index (χ2v) is 5.19. The van der Waals surface area contributed by atoms with Gasteiger partial charge in [-0.15, -0.1) is 0 Å². The zero-order valence-electron chi connectivity index (χ0n) is 10.7. The molecule has 2 aromatic rings. The Bertz CT molecular complexity index is 580. The van der Waals surface area contributed by atoms with Crippen molar-refractivity contribution in [2.75, 3.05) is 0 Å². The van der Waals surface area contributed by atoms with E-state index in [1.807, 2.05) is 6.92 Å². The molecule has 1 aromatic heterocycles. The third kappa shape index (κ3) is 3.24. The van der Waals surface area contributed by atoms with Crippen LogP contribution in [-0.2, 0) is 6.42 Å². The van der Waals surface area contributed by atoms with Crippen LogP contribution >= 0.6 is 23.2 Å². The molecule has 5 heteroatoms. The topological polar surface area (TPSA) is 46.0 Å². The van der Waals surface area contributed by atoms with Gasteiger partial charge in [-0.1, -0.05) is 29.3 Å². The maximum Gasteiger partial charge on any atom is 0.133 e. The quantitative estimate of drug-likeness (QED) is 0.938. The zero-order valence-corrected chi connectivity index (χ0v) is 12.2. The minimum atomic E-state index is -0.571. The van der Waals surface area contributed by atoms with E-state index in [4.69, 9.17) is 23.2 Å². The Labute approximate surface area is 122 Å². The summed E-state index contributed by atoms with van der Waals surface area (Å²) in [5.74, 6) is 0.636. The Morgan fingerprint density at radius 3 is 2.42 bits per heavy atom. The van der Waals surface area contributed by atoms with Gasteiger partial charge in [0.05, 0.1) is 6.10 Å². The summed E-state index contributed by atoms with van der Waals surface area (Å²) in [5.41, 5.74) is 2.31. The van der Waals surface area contributed by atoms with Crippen molar-refractivity contribution in [3.8, 4) is 0 Å². The molecule has 0 aliphatic carbocycles. The largest absolute Gasteiger partial charge is 0.389 e. The molecule has 100 valence electrons. The first-order valence-electron chi connectivity index (χ1n) is 5.92. The van der Waals surface area contributed by atoms with Gasteiger partial charge in [0, 0.05) is 33.9 Å². The summed E-state index contributed by atoms with van der Waals surface area (Å²) in [4.78, 5) is 8.63. The number of rotatable bonds is 3. The molecule has 1 atom stereocenters. The van der Waals surface area contributed by atoms with Crippen molar-refractivity contribution in [3.63, 3.8) is 0 Å². The lowest BCUT2D eigenvalue weighted by Gasteiger charge is -2.10. The molecule has 0 bridgehead atoms. The van der Waals surface area contributed by atoms with Crippen LogP contribution in [0.25, 0.3) is 0 Å². The summed E-state index contributed by atoms with van der Waals surface area (Å²) in [6.07, 6.45) is 1.55. The number of aromatic nitrogens is 2. The monoisotopic (exact) mass is 296 g/mol. The highest BCUT2D eigenvalue weighted by Crippen LogP contribution is 2.26. The van der Waals surface area contributed by atoms with Crippen LogP contribution in [0.1, 0.15) is 35.7 Å². The van der Waals surface area contributed by atoms with Crippen LogP contribution in [0.2, 0.25) is 10.0 Å². The molecule has 1 aromatic carbocycles. The lowest BCUT2D eigenvalue weighted by molar-refractivity contribution is 0.197. The van der Waals surface area contributed by atoms with Gasteiger partial charge in [-0.25, -0.2) is 9.97 Å². The SMILES string of the molecule is Cc1nc(Cc2c(Cl)cccc2Cl)ncc1[C@H](C)O. The average molecular weight is 297 g/mol. The maximum atomic E-state index is 9.55. The molecule has 0 fully saturated rings. The van der Waals surface area contributed by atoms with Crippen molar-refractivity contribution >= 4 is 23.2 Å². The van der Waals surface area contributed by atoms with E-state index >= 15 is 0 Å². The van der Waals surface area contributed by atoms with Gasteiger partial charge in [0.2, 0.25) is 0 Å². The first kappa shape index (κ1) is 14.3. The number of hydrogen-bond acceptors (Lipinski definition) is 3. The molecule has 2 rings (SSSR count). The van der Waals surface area contributed by atoms with E-state index < -0.39 is 6.10 Å². The molecule has 0 unspecified atom stereocenters. The Balaban J connectivity index is 2.32. The van der Waals surface area contributed by atoms with E-state index in [0.29, 0.717) is 22.3 Å². The molecule has 0 saturated heterocycles. The van der Waals surface area contributed by atoms with E-state index in [-0.39, 0.29) is 0 Å². The van der Waals surface area contributed by atoms with Gasteiger partial charge in [-0.2, -0.15) is 0 Å². The van der Waals surface area contributed by atoms with Crippen molar-refractivity contribution in [3.05, 3.63) is 57.1 Å². The number of aryl methyl sites for hydroxylation is 1. The molecular weight excluding hydrogens is 283 g/mol. The molecule has 0 amide bonds. The second kappa shape index (κ2) is 5.87. The molecule has 0 aliphatic rings. The minimum Gasteiger partial charge on any atom is -0.389 e. The van der Waals surface area contributed by atoms with Crippen molar-refractivity contribution < 1.29 is 5.11 Å². The van der Waals surface area contributed by atoms with Crippen LogP contribution in [0.3, 0.4) is 0 Å². The fraction of sp³-hybridized carbons (Fsp3) is 0.286. The fourth-order valence-electron chi connectivity index (χ4n) is 1.88. The molecule has 0 saturated carbocycles. The molecule has 19 heavy (non-hydrogen) atoms. The van der Waals surface area contributed by atoms with E-state index in [0.717, 1.165) is 16.8 Å². The van der Waals surface area contributed by atoms with Crippen LogP contribution in [0.4, 0.5) is 0 Å². The summed E-state index contributed by atoms with van der Waals surface area (Å²) in [6.45, 7) is 3.54. The molecule has 1 heterocycles. The molecule has 0 aliphatic heterocycles. The number of aliphatic hydroxyl groups is 1. The maximum absolute atomic E-state index is 9.55. The van der Waals surface area contributed by atoms with Crippen LogP contribution in [-0.4, -0.2) is 15.1 Å². The second-order valence-electron chi connectivity index (χ2n) is 4.38. The van der Waals surface area contributed by atoms with Crippen molar-refractivity contribution in [2.45, 2.75) is 26.4 Å². The standard InChI is InChI=1S/C14H14Cl2N2O/c1-8-11(9(2)19)7-17-14(18-8)6-10-12(15)4-3-5-13(10)16/h3-5,7,9,19H,6H2,1-2H3/t9-/m0/s1. The van der Waals surface area contributed by atoms with Gasteiger partial charge in [-0.3, -0.25) is 0 Å². The van der Waals surface area contributed by atoms with Crippen LogP contribution in [0, 0.1) is 6.92 Å². The Hall–Kier alpha value is -1.16. The highest BCUT2D eigenvalue weighted by Gasteiger charge is 2.11. The number of hydrogen-bond donors (Lipinski definition) is 1. The molecule has 0 spiro atoms. The van der Waals surface area contributed by atoms with Gasteiger partial charge in [-0.05, 0) is 31.5 Å². The predicted octanol–water partition coefficient (Wildman–Crippen LogP) is 3.74. The minimum absolute atomic E-state index is 0.472. The molecule has 3 nitrogen and oxygen atoms in total. The smallest absolute Gasteiger partial charge is 0.133 e. The summed E-state index contributed by atoms with van der Waals surface area (Å²) in [6, 6.07) is 5.39. The third-order valence-corrected chi connectivity index (χ3v) is 3.62. The number of benzene rings is 1. The Kier molecular flexibility index (Phi) is 4.40. The van der Waals surface area contributed by atoms with Crippen molar-refractivity contribution in [2.24, 2.45) is 0 Å². The molecule has 1 N–H and O–H groups in total. The van der Waals surface area contributed by atoms with Crippen LogP contribution in [0.5, 0.6) is 0 Å². The highest BCUT2D eigenvalue weighted by atomic mass is 35.5. The van der Waals surface area contributed by atoms with Gasteiger partial charge in [0.15, 0.2) is 0 Å². The van der Waals surface area contributed by atoms with Crippen molar-refractivity contribution in [1.29, 1.82) is 0 Å². The fourth-order valence-corrected chi connectivity index (χ4v) is 2.41. The summed E-state index contributed by atoms with van der Waals surface area (Å²) in [5, 5.41) is 10.8. The summed E-state index contributed by atoms with van der Waals surface area (Å²) in [7, 11) is 0. The average Bonchev–Trinajstić information content (AvgIpc) is 2.33. The van der Waals surface area contributed by atoms with E-state index in [2.05, 4.69) is 9.97 Å². The Morgan fingerprint density at radius 2 is 1.89 bits per heavy atom. The number of nitrogens with zero attached hydrogens (tertiary/aromatic N) is 2. The van der Waals surface area contributed by atoms with E-state index in [1.165, 1.54) is 0 Å². The summed E-state index contributed by atoms with van der Waals surface area (Å²) >= 11 is 12.2. The lowest BCUT2D eigenvalue weighted by Crippen LogP contribution is -2.04. The van der Waals surface area contributed by atoms with Crippen LogP contribution in [0.15, 0.2) is 24.4 Å². The predicted molar refractivity (Wildman–Crippen MR) is 76.7 cm³/mol. The normalized spacial score (nSPS) is 12.5. The van der Waals surface area contributed by atoms with Crippen LogP contribution < -0.4 is 0 Å². The first-order chi connectivity index (χ1) is 8.99. The number of halogens is 2.